The maximum atomic E-state index is 13.2. The van der Waals surface area contributed by atoms with Crippen LogP contribution in [0.2, 0.25) is 5.02 Å². The van der Waals surface area contributed by atoms with E-state index in [2.05, 4.69) is 5.32 Å². The van der Waals surface area contributed by atoms with Gasteiger partial charge in [0.05, 0.1) is 17.8 Å². The molecule has 6 nitrogen and oxygen atoms in total. The van der Waals surface area contributed by atoms with Crippen LogP contribution < -0.4 is 14.4 Å². The van der Waals surface area contributed by atoms with Gasteiger partial charge in [-0.3, -0.25) is 9.10 Å². The molecule has 2 aromatic carbocycles. The van der Waals surface area contributed by atoms with Crippen molar-refractivity contribution in [1.82, 2.24) is 0 Å². The SMILES string of the molecule is COc1ccc(NC(=O)[C@@]23C[C@@H]2CN(c2ccc(C)cc2)S3(=O)=O)cc1Cl. The van der Waals surface area contributed by atoms with Crippen LogP contribution in [0, 0.1) is 12.8 Å². The second-order valence-corrected chi connectivity index (χ2v) is 9.49. The summed E-state index contributed by atoms with van der Waals surface area (Å²) in [5, 5.41) is 3.05. The number of nitrogens with one attached hydrogen (secondary N) is 1. The number of halogens is 1. The van der Waals surface area contributed by atoms with Crippen LogP contribution in [0.15, 0.2) is 42.5 Å². The predicted octanol–water partition coefficient (Wildman–Crippen LogP) is 3.20. The first kappa shape index (κ1) is 18.1. The van der Waals surface area contributed by atoms with Crippen molar-refractivity contribution >= 4 is 38.9 Å². The lowest BCUT2D eigenvalue weighted by Crippen LogP contribution is -2.42. The number of hydrogen-bond donors (Lipinski definition) is 1. The monoisotopic (exact) mass is 406 g/mol. The van der Waals surface area contributed by atoms with Crippen molar-refractivity contribution in [2.75, 3.05) is 23.3 Å². The van der Waals surface area contributed by atoms with Gasteiger partial charge in [0.1, 0.15) is 5.75 Å². The average molecular weight is 407 g/mol. The van der Waals surface area contributed by atoms with Gasteiger partial charge in [-0.2, -0.15) is 0 Å². The van der Waals surface area contributed by atoms with Crippen LogP contribution in [-0.2, 0) is 14.8 Å². The maximum absolute atomic E-state index is 13.2. The summed E-state index contributed by atoms with van der Waals surface area (Å²) in [6, 6.07) is 12.1. The zero-order valence-electron chi connectivity index (χ0n) is 14.9. The first-order valence-electron chi connectivity index (χ1n) is 8.53. The van der Waals surface area contributed by atoms with Crippen molar-refractivity contribution in [2.45, 2.75) is 18.1 Å². The highest BCUT2D eigenvalue weighted by Crippen LogP contribution is 2.58. The minimum Gasteiger partial charge on any atom is -0.495 e. The molecule has 1 saturated carbocycles. The molecular formula is C19H19ClN2O4S. The summed E-state index contributed by atoms with van der Waals surface area (Å²) in [5.41, 5.74) is 2.08. The summed E-state index contributed by atoms with van der Waals surface area (Å²) in [5.74, 6) is -0.239. The summed E-state index contributed by atoms with van der Waals surface area (Å²) in [6.07, 6.45) is 0.341. The van der Waals surface area contributed by atoms with Gasteiger partial charge in [-0.05, 0) is 43.7 Å². The molecule has 0 radical (unpaired) electrons. The molecule has 1 saturated heterocycles. The summed E-state index contributed by atoms with van der Waals surface area (Å²) in [4.78, 5) is 12.9. The number of benzene rings is 2. The molecule has 1 aliphatic carbocycles. The first-order valence-corrected chi connectivity index (χ1v) is 10.4. The highest BCUT2D eigenvalue weighted by molar-refractivity contribution is 7.95. The van der Waals surface area contributed by atoms with Gasteiger partial charge in [0, 0.05) is 18.2 Å². The smallest absolute Gasteiger partial charge is 0.250 e. The molecule has 142 valence electrons. The molecule has 1 aliphatic heterocycles. The van der Waals surface area contributed by atoms with Crippen LogP contribution in [0.4, 0.5) is 11.4 Å². The van der Waals surface area contributed by atoms with Crippen molar-refractivity contribution in [3.63, 3.8) is 0 Å². The molecule has 2 aromatic rings. The summed E-state index contributed by atoms with van der Waals surface area (Å²) in [7, 11) is -2.30. The Morgan fingerprint density at radius 2 is 1.96 bits per heavy atom. The predicted molar refractivity (Wildman–Crippen MR) is 105 cm³/mol. The molecular weight excluding hydrogens is 388 g/mol. The third kappa shape index (κ3) is 2.68. The molecule has 2 fully saturated rings. The van der Waals surface area contributed by atoms with Crippen molar-refractivity contribution in [1.29, 1.82) is 0 Å². The van der Waals surface area contributed by atoms with Gasteiger partial charge in [0.2, 0.25) is 15.9 Å². The molecule has 0 spiro atoms. The number of amides is 1. The molecule has 1 N–H and O–H groups in total. The van der Waals surface area contributed by atoms with Crippen LogP contribution in [0.1, 0.15) is 12.0 Å². The Morgan fingerprint density at radius 1 is 1.26 bits per heavy atom. The number of rotatable bonds is 4. The second kappa shape index (κ2) is 6.14. The minimum atomic E-state index is -3.80. The zero-order chi connectivity index (χ0) is 19.4. The lowest BCUT2D eigenvalue weighted by atomic mass is 10.2. The van der Waals surface area contributed by atoms with Gasteiger partial charge in [-0.1, -0.05) is 29.3 Å². The molecule has 27 heavy (non-hydrogen) atoms. The van der Waals surface area contributed by atoms with Crippen LogP contribution in [0.3, 0.4) is 0 Å². The number of carbonyl (C=O) groups excluding carboxylic acids is 1. The van der Waals surface area contributed by atoms with Gasteiger partial charge in [0.25, 0.3) is 0 Å². The van der Waals surface area contributed by atoms with E-state index in [9.17, 15) is 13.2 Å². The number of sulfonamides is 1. The Hall–Kier alpha value is -2.25. The molecule has 0 unspecified atom stereocenters. The van der Waals surface area contributed by atoms with Gasteiger partial charge in [-0.25, -0.2) is 8.42 Å². The van der Waals surface area contributed by atoms with E-state index in [1.165, 1.54) is 11.4 Å². The number of methoxy groups -OCH3 is 1. The third-order valence-corrected chi connectivity index (χ3v) is 8.14. The Kier molecular flexibility index (Phi) is 4.12. The Bertz CT molecular complexity index is 1020. The fourth-order valence-electron chi connectivity index (χ4n) is 3.66. The lowest BCUT2D eigenvalue weighted by Gasteiger charge is -2.23. The van der Waals surface area contributed by atoms with E-state index in [4.69, 9.17) is 16.3 Å². The van der Waals surface area contributed by atoms with Crippen LogP contribution >= 0.6 is 11.6 Å². The molecule has 1 amide bonds. The largest absolute Gasteiger partial charge is 0.495 e. The van der Waals surface area contributed by atoms with E-state index < -0.39 is 20.7 Å². The maximum Gasteiger partial charge on any atom is 0.250 e. The van der Waals surface area contributed by atoms with Crippen molar-refractivity contribution < 1.29 is 17.9 Å². The number of anilines is 2. The minimum absolute atomic E-state index is 0.211. The molecule has 0 aromatic heterocycles. The van der Waals surface area contributed by atoms with E-state index in [0.717, 1.165) is 5.56 Å². The fraction of sp³-hybridized carbons (Fsp3) is 0.316. The molecule has 2 atom stereocenters. The number of aryl methyl sites for hydroxylation is 1. The van der Waals surface area contributed by atoms with Gasteiger partial charge < -0.3 is 10.1 Å². The Labute approximate surface area is 163 Å². The standard InChI is InChI=1S/C19H19ClN2O4S/c1-12-3-6-15(7-4-12)22-11-13-10-19(13,27(22,24)25)18(23)21-14-5-8-17(26-2)16(20)9-14/h3-9,13H,10-11H2,1-2H3,(H,21,23)/t13-,19-/m1/s1. The molecule has 4 rings (SSSR count). The zero-order valence-corrected chi connectivity index (χ0v) is 16.5. The Balaban J connectivity index is 1.60. The van der Waals surface area contributed by atoms with E-state index in [1.54, 1.807) is 30.3 Å². The van der Waals surface area contributed by atoms with Crippen molar-refractivity contribution in [3.8, 4) is 5.75 Å². The number of fused-ring (bicyclic) bond motifs is 1. The molecule has 2 aliphatic rings. The van der Waals surface area contributed by atoms with E-state index in [0.29, 0.717) is 35.1 Å². The normalized spacial score (nSPS) is 25.0. The van der Waals surface area contributed by atoms with Crippen molar-refractivity contribution in [3.05, 3.63) is 53.1 Å². The van der Waals surface area contributed by atoms with E-state index in [1.807, 2.05) is 19.1 Å². The molecule has 1 heterocycles. The summed E-state index contributed by atoms with van der Waals surface area (Å²) >= 11 is 6.09. The summed E-state index contributed by atoms with van der Waals surface area (Å²) < 4.78 is 31.4. The average Bonchev–Trinajstić information content (AvgIpc) is 3.32. The number of ether oxygens (including phenoxy) is 1. The first-order chi connectivity index (χ1) is 12.8. The van der Waals surface area contributed by atoms with Gasteiger partial charge in [0.15, 0.2) is 4.75 Å². The highest BCUT2D eigenvalue weighted by Gasteiger charge is 2.75. The second-order valence-electron chi connectivity index (χ2n) is 6.97. The number of nitrogens with zero attached hydrogens (tertiary/aromatic N) is 1. The van der Waals surface area contributed by atoms with E-state index >= 15 is 0 Å². The topological polar surface area (TPSA) is 75.7 Å². The van der Waals surface area contributed by atoms with Crippen LogP contribution in [0.25, 0.3) is 0 Å². The Morgan fingerprint density at radius 3 is 2.59 bits per heavy atom. The van der Waals surface area contributed by atoms with E-state index in [-0.39, 0.29) is 5.92 Å². The molecule has 0 bridgehead atoms. The molecule has 8 heteroatoms. The van der Waals surface area contributed by atoms with Gasteiger partial charge >= 0.3 is 0 Å². The summed E-state index contributed by atoms with van der Waals surface area (Å²) in [6.45, 7) is 2.26. The third-order valence-electron chi connectivity index (χ3n) is 5.30. The van der Waals surface area contributed by atoms with Crippen molar-refractivity contribution in [2.24, 2.45) is 5.92 Å². The fourth-order valence-corrected chi connectivity index (χ4v) is 6.28. The van der Waals surface area contributed by atoms with Gasteiger partial charge in [-0.15, -0.1) is 0 Å². The lowest BCUT2D eigenvalue weighted by molar-refractivity contribution is -0.116. The number of hydrogen-bond acceptors (Lipinski definition) is 4. The quantitative estimate of drug-likeness (QED) is 0.845. The number of carbonyl (C=O) groups is 1. The van der Waals surface area contributed by atoms with Crippen LogP contribution in [0.5, 0.6) is 5.75 Å². The highest BCUT2D eigenvalue weighted by atomic mass is 35.5. The van der Waals surface area contributed by atoms with Crippen LogP contribution in [-0.4, -0.2) is 32.7 Å².